The van der Waals surface area contributed by atoms with Gasteiger partial charge in [-0.25, -0.2) is 9.20 Å². The molecule has 1 atom stereocenters. The van der Waals surface area contributed by atoms with Crippen LogP contribution in [0.5, 0.6) is 0 Å². The molecule has 2 aliphatic heterocycles. The van der Waals surface area contributed by atoms with Crippen LogP contribution < -0.4 is 0 Å². The van der Waals surface area contributed by atoms with Crippen LogP contribution >= 0.6 is 0 Å². The van der Waals surface area contributed by atoms with Crippen molar-refractivity contribution < 1.29 is 4.21 Å². The van der Waals surface area contributed by atoms with Gasteiger partial charge in [-0.3, -0.25) is 0 Å². The lowest BCUT2D eigenvalue weighted by Crippen LogP contribution is -2.26. The minimum absolute atomic E-state index is 0.689. The lowest BCUT2D eigenvalue weighted by Gasteiger charge is -2.18. The van der Waals surface area contributed by atoms with Gasteiger partial charge in [-0.15, -0.1) is 0 Å². The zero-order valence-corrected chi connectivity index (χ0v) is 7.67. The van der Waals surface area contributed by atoms with Crippen molar-refractivity contribution in [1.82, 2.24) is 4.90 Å². The zero-order valence-electron chi connectivity index (χ0n) is 6.86. The molecule has 0 aliphatic carbocycles. The van der Waals surface area contributed by atoms with Gasteiger partial charge in [0, 0.05) is 23.8 Å². The van der Waals surface area contributed by atoms with E-state index in [4.69, 9.17) is 0 Å². The first kappa shape index (κ1) is 7.73. The zero-order chi connectivity index (χ0) is 8.55. The van der Waals surface area contributed by atoms with E-state index in [0.717, 1.165) is 18.7 Å². The van der Waals surface area contributed by atoms with E-state index in [0.29, 0.717) is 5.17 Å². The van der Waals surface area contributed by atoms with Crippen molar-refractivity contribution >= 4 is 16.0 Å². The molecule has 64 valence electrons. The molecule has 12 heavy (non-hydrogen) atoms. The Hall–Kier alpha value is -0.900. The maximum absolute atomic E-state index is 11.3. The largest absolute Gasteiger partial charge is 0.321 e. The molecule has 0 fully saturated rings. The Balaban J connectivity index is 2.31. The second-order valence-corrected chi connectivity index (χ2v) is 3.91. The van der Waals surface area contributed by atoms with Crippen LogP contribution in [0, 0.1) is 0 Å². The number of allylic oxidation sites excluding steroid dienone is 1. The number of hydrogen-bond donors (Lipinski definition) is 0. The summed E-state index contributed by atoms with van der Waals surface area (Å²) in [4.78, 5) is 6.20. The minimum atomic E-state index is -1.01. The van der Waals surface area contributed by atoms with E-state index in [-0.39, 0.29) is 0 Å². The van der Waals surface area contributed by atoms with Gasteiger partial charge >= 0.3 is 0 Å². The molecule has 0 aromatic heterocycles. The summed E-state index contributed by atoms with van der Waals surface area (Å²) in [5.74, 6) is 0. The van der Waals surface area contributed by atoms with E-state index >= 15 is 0 Å². The average molecular weight is 182 g/mol. The van der Waals surface area contributed by atoms with Crippen LogP contribution in [0.25, 0.3) is 0 Å². The molecule has 0 saturated heterocycles. The normalized spacial score (nSPS) is 26.8. The quantitative estimate of drug-likeness (QED) is 0.610. The van der Waals surface area contributed by atoms with Crippen molar-refractivity contribution in [2.75, 3.05) is 6.54 Å². The fourth-order valence-corrected chi connectivity index (χ4v) is 2.17. The highest BCUT2D eigenvalue weighted by Crippen LogP contribution is 2.17. The monoisotopic (exact) mass is 182 g/mol. The van der Waals surface area contributed by atoms with Crippen molar-refractivity contribution in [2.24, 2.45) is 4.99 Å². The maximum atomic E-state index is 11.3. The molecule has 0 aromatic carbocycles. The van der Waals surface area contributed by atoms with Crippen LogP contribution in [0.3, 0.4) is 0 Å². The SMILES string of the molecule is CCC1=CCN2C=CS(=O)C2=N1. The predicted octanol–water partition coefficient (Wildman–Crippen LogP) is 1.19. The van der Waals surface area contributed by atoms with Crippen molar-refractivity contribution in [3.05, 3.63) is 23.4 Å². The van der Waals surface area contributed by atoms with Gasteiger partial charge in [0.2, 0.25) is 5.17 Å². The topological polar surface area (TPSA) is 32.7 Å². The summed E-state index contributed by atoms with van der Waals surface area (Å²) >= 11 is 0. The summed E-state index contributed by atoms with van der Waals surface area (Å²) in [5, 5.41) is 2.36. The second-order valence-electron chi connectivity index (χ2n) is 2.68. The van der Waals surface area contributed by atoms with Gasteiger partial charge in [0.15, 0.2) is 0 Å². The molecule has 0 bridgehead atoms. The molecule has 3 nitrogen and oxygen atoms in total. The molecule has 1 unspecified atom stereocenters. The van der Waals surface area contributed by atoms with Crippen LogP contribution in [-0.2, 0) is 10.8 Å². The number of aliphatic imine (C=N–C) groups is 1. The number of nitrogens with zero attached hydrogens (tertiary/aromatic N) is 2. The Morgan fingerprint density at radius 1 is 1.75 bits per heavy atom. The Kier molecular flexibility index (Phi) is 1.84. The number of hydrogen-bond acceptors (Lipinski definition) is 3. The predicted molar refractivity (Wildman–Crippen MR) is 49.8 cm³/mol. The Morgan fingerprint density at radius 3 is 3.33 bits per heavy atom. The molecule has 0 radical (unpaired) electrons. The van der Waals surface area contributed by atoms with Gasteiger partial charge in [-0.1, -0.05) is 6.92 Å². The summed E-state index contributed by atoms with van der Waals surface area (Å²) in [5.41, 5.74) is 1.04. The second kappa shape index (κ2) is 2.86. The number of rotatable bonds is 1. The average Bonchev–Trinajstić information content (AvgIpc) is 2.47. The van der Waals surface area contributed by atoms with Crippen LogP contribution in [-0.4, -0.2) is 20.8 Å². The first-order valence-corrected chi connectivity index (χ1v) is 5.16. The van der Waals surface area contributed by atoms with Crippen molar-refractivity contribution in [3.8, 4) is 0 Å². The molecule has 0 N–H and O–H groups in total. The van der Waals surface area contributed by atoms with Gasteiger partial charge in [-0.05, 0) is 12.5 Å². The van der Waals surface area contributed by atoms with E-state index in [1.807, 2.05) is 11.1 Å². The van der Waals surface area contributed by atoms with Crippen molar-refractivity contribution in [1.29, 1.82) is 0 Å². The Bertz CT molecular complexity index is 317. The molecule has 0 spiro atoms. The maximum Gasteiger partial charge on any atom is 0.203 e. The van der Waals surface area contributed by atoms with E-state index in [1.54, 1.807) is 5.41 Å². The van der Waals surface area contributed by atoms with Gasteiger partial charge in [0.1, 0.15) is 10.8 Å². The van der Waals surface area contributed by atoms with Gasteiger partial charge < -0.3 is 4.90 Å². The van der Waals surface area contributed by atoms with Crippen molar-refractivity contribution in [2.45, 2.75) is 13.3 Å². The minimum Gasteiger partial charge on any atom is -0.321 e. The molecular formula is C8H10N2OS. The lowest BCUT2D eigenvalue weighted by atomic mass is 10.3. The standard InChI is InChI=1S/C8H10N2OS/c1-2-7-3-4-10-5-6-12(11)8(10)9-7/h3,5-6H,2,4H2,1H3. The molecule has 0 aromatic rings. The third-order valence-corrected chi connectivity index (χ3v) is 2.97. The molecule has 2 heterocycles. The summed E-state index contributed by atoms with van der Waals surface area (Å²) in [6.07, 6.45) is 4.81. The van der Waals surface area contributed by atoms with Crippen LogP contribution in [0.4, 0.5) is 0 Å². The van der Waals surface area contributed by atoms with E-state index in [2.05, 4.69) is 18.0 Å². The Labute approximate surface area is 73.9 Å². The number of fused-ring (bicyclic) bond motifs is 1. The molecule has 4 heteroatoms. The highest BCUT2D eigenvalue weighted by molar-refractivity contribution is 8.03. The molecule has 2 aliphatic rings. The first-order valence-electron chi connectivity index (χ1n) is 3.94. The highest BCUT2D eigenvalue weighted by atomic mass is 32.2. The van der Waals surface area contributed by atoms with Crippen LogP contribution in [0.2, 0.25) is 0 Å². The molecule has 2 rings (SSSR count). The third kappa shape index (κ3) is 1.12. The highest BCUT2D eigenvalue weighted by Gasteiger charge is 2.22. The smallest absolute Gasteiger partial charge is 0.203 e. The fourth-order valence-electron chi connectivity index (χ4n) is 1.21. The van der Waals surface area contributed by atoms with E-state index in [1.165, 1.54) is 0 Å². The molecular weight excluding hydrogens is 172 g/mol. The first-order chi connectivity index (χ1) is 5.81. The Morgan fingerprint density at radius 2 is 2.58 bits per heavy atom. The summed E-state index contributed by atoms with van der Waals surface area (Å²) in [6.45, 7) is 2.86. The summed E-state index contributed by atoms with van der Waals surface area (Å²) < 4.78 is 11.3. The number of amidine groups is 1. The third-order valence-electron chi connectivity index (χ3n) is 1.92. The van der Waals surface area contributed by atoms with E-state index < -0.39 is 10.8 Å². The van der Waals surface area contributed by atoms with Gasteiger partial charge in [-0.2, -0.15) is 0 Å². The van der Waals surface area contributed by atoms with Crippen LogP contribution in [0.15, 0.2) is 28.4 Å². The fraction of sp³-hybridized carbons (Fsp3) is 0.375. The van der Waals surface area contributed by atoms with Crippen LogP contribution in [0.1, 0.15) is 13.3 Å². The molecule has 0 saturated carbocycles. The van der Waals surface area contributed by atoms with Gasteiger partial charge in [0.25, 0.3) is 0 Å². The van der Waals surface area contributed by atoms with Crippen molar-refractivity contribution in [3.63, 3.8) is 0 Å². The lowest BCUT2D eigenvalue weighted by molar-refractivity contribution is 0.620. The molecule has 0 amide bonds. The van der Waals surface area contributed by atoms with E-state index in [9.17, 15) is 4.21 Å². The summed E-state index contributed by atoms with van der Waals surface area (Å²) in [7, 11) is -1.01. The van der Waals surface area contributed by atoms with Gasteiger partial charge in [0.05, 0.1) is 0 Å². The summed E-state index contributed by atoms with van der Waals surface area (Å²) in [6, 6.07) is 0.